The highest BCUT2D eigenvalue weighted by Crippen LogP contribution is 2.38. The molecule has 2 N–H and O–H groups in total. The molecule has 1 aliphatic heterocycles. The van der Waals surface area contributed by atoms with Crippen LogP contribution in [-0.4, -0.2) is 43.8 Å². The highest BCUT2D eigenvalue weighted by atomic mass is 19.4. The molecule has 2 atom stereocenters. The molecule has 3 aromatic heterocycles. The maximum Gasteiger partial charge on any atom is 0.433 e. The molecular weight excluding hydrogens is 437 g/mol. The van der Waals surface area contributed by atoms with Crippen LogP contribution in [0.15, 0.2) is 43.0 Å². The molecule has 0 radical (unpaired) electrons. The van der Waals surface area contributed by atoms with Crippen LogP contribution in [0.1, 0.15) is 46.2 Å². The SMILES string of the molecule is C[C@H]1OC[C@@H](N(C)C(=O)c2ccc3nc(N)c4cncn4c3c2)c2cnc(C(F)(F)F)cc21. The van der Waals surface area contributed by atoms with Gasteiger partial charge in [0.05, 0.1) is 42.3 Å². The van der Waals surface area contributed by atoms with Gasteiger partial charge in [0.2, 0.25) is 0 Å². The van der Waals surface area contributed by atoms with E-state index >= 15 is 0 Å². The molecule has 33 heavy (non-hydrogen) atoms. The lowest BCUT2D eigenvalue weighted by Gasteiger charge is -2.36. The van der Waals surface area contributed by atoms with Crippen molar-refractivity contribution in [1.82, 2.24) is 24.3 Å². The second-order valence-corrected chi connectivity index (χ2v) is 7.95. The zero-order valence-electron chi connectivity index (χ0n) is 17.7. The molecule has 4 heterocycles. The Hall–Kier alpha value is -3.73. The second-order valence-electron chi connectivity index (χ2n) is 7.95. The Morgan fingerprint density at radius 2 is 2.00 bits per heavy atom. The topological polar surface area (TPSA) is 98.6 Å². The Kier molecular flexibility index (Phi) is 4.74. The number of nitrogen functional groups attached to an aromatic ring is 1. The number of likely N-dealkylation sites (N-methyl/N-ethyl adjacent to an activating group) is 1. The first kappa shape index (κ1) is 21.1. The number of alkyl halides is 3. The third-order valence-corrected chi connectivity index (χ3v) is 5.97. The Morgan fingerprint density at radius 1 is 1.21 bits per heavy atom. The van der Waals surface area contributed by atoms with Gasteiger partial charge in [0, 0.05) is 24.4 Å². The number of ether oxygens (including phenoxy) is 1. The molecule has 0 aliphatic carbocycles. The molecule has 0 bridgehead atoms. The molecule has 11 heteroatoms. The lowest BCUT2D eigenvalue weighted by molar-refractivity contribution is -0.141. The van der Waals surface area contributed by atoms with E-state index in [-0.39, 0.29) is 12.5 Å². The summed E-state index contributed by atoms with van der Waals surface area (Å²) >= 11 is 0. The summed E-state index contributed by atoms with van der Waals surface area (Å²) in [6, 6.07) is 5.41. The molecule has 0 spiro atoms. The van der Waals surface area contributed by atoms with Crippen molar-refractivity contribution in [2.24, 2.45) is 0 Å². The van der Waals surface area contributed by atoms with Crippen molar-refractivity contribution >= 4 is 28.3 Å². The number of hydrogen-bond acceptors (Lipinski definition) is 6. The van der Waals surface area contributed by atoms with E-state index in [0.717, 1.165) is 6.07 Å². The number of nitrogens with zero attached hydrogens (tertiary/aromatic N) is 5. The number of carbonyl (C=O) groups excluding carboxylic acids is 1. The molecule has 0 saturated carbocycles. The average Bonchev–Trinajstić information content (AvgIpc) is 3.29. The predicted octanol–water partition coefficient (Wildman–Crippen LogP) is 3.78. The number of fused-ring (bicyclic) bond motifs is 4. The van der Waals surface area contributed by atoms with Gasteiger partial charge in [-0.05, 0) is 36.8 Å². The second kappa shape index (κ2) is 7.41. The summed E-state index contributed by atoms with van der Waals surface area (Å²) in [5.41, 5.74) is 8.13. The van der Waals surface area contributed by atoms with E-state index in [1.54, 1.807) is 49.1 Å². The summed E-state index contributed by atoms with van der Waals surface area (Å²) in [6.45, 7) is 1.82. The van der Waals surface area contributed by atoms with Crippen molar-refractivity contribution in [2.75, 3.05) is 19.4 Å². The molecule has 1 aromatic carbocycles. The fourth-order valence-electron chi connectivity index (χ4n) is 4.16. The van der Waals surface area contributed by atoms with E-state index < -0.39 is 24.0 Å². The van der Waals surface area contributed by atoms with Crippen LogP contribution in [-0.2, 0) is 10.9 Å². The molecule has 0 unspecified atom stereocenters. The Balaban J connectivity index is 1.52. The normalized spacial score (nSPS) is 18.5. The van der Waals surface area contributed by atoms with Gasteiger partial charge in [-0.1, -0.05) is 0 Å². The summed E-state index contributed by atoms with van der Waals surface area (Å²) < 4.78 is 46.9. The number of rotatable bonds is 2. The lowest BCUT2D eigenvalue weighted by Crippen LogP contribution is -2.37. The van der Waals surface area contributed by atoms with Crippen LogP contribution < -0.4 is 5.73 Å². The number of halogens is 3. The zero-order valence-corrected chi connectivity index (χ0v) is 17.7. The highest BCUT2D eigenvalue weighted by molar-refractivity contribution is 5.98. The van der Waals surface area contributed by atoms with E-state index in [4.69, 9.17) is 10.5 Å². The van der Waals surface area contributed by atoms with Crippen molar-refractivity contribution in [3.8, 4) is 0 Å². The van der Waals surface area contributed by atoms with Gasteiger partial charge < -0.3 is 15.4 Å². The molecule has 0 saturated heterocycles. The smallest absolute Gasteiger partial charge is 0.382 e. The lowest BCUT2D eigenvalue weighted by atomic mass is 9.94. The minimum absolute atomic E-state index is 0.140. The number of imidazole rings is 1. The van der Waals surface area contributed by atoms with Crippen molar-refractivity contribution < 1.29 is 22.7 Å². The van der Waals surface area contributed by atoms with Gasteiger partial charge >= 0.3 is 6.18 Å². The van der Waals surface area contributed by atoms with Crippen LogP contribution >= 0.6 is 0 Å². The van der Waals surface area contributed by atoms with Gasteiger partial charge in [-0.3, -0.25) is 14.2 Å². The Labute approximate surface area is 185 Å². The largest absolute Gasteiger partial charge is 0.433 e. The standard InChI is InChI=1S/C22H19F3N6O2/c1-11-13-6-19(22(23,24)25)28-7-14(13)18(9-33-11)30(2)21(32)12-3-4-15-16(5-12)31-10-27-8-17(31)20(26)29-15/h3-8,10-11,18H,9H2,1-2H3,(H2,26,29)/t11-,18-/m1/s1. The Morgan fingerprint density at radius 3 is 2.76 bits per heavy atom. The third kappa shape index (κ3) is 3.44. The van der Waals surface area contributed by atoms with Crippen molar-refractivity contribution in [3.63, 3.8) is 0 Å². The van der Waals surface area contributed by atoms with Gasteiger partial charge in [-0.25, -0.2) is 9.97 Å². The van der Waals surface area contributed by atoms with Gasteiger partial charge in [0.15, 0.2) is 0 Å². The molecule has 1 aliphatic rings. The summed E-state index contributed by atoms with van der Waals surface area (Å²) in [5, 5.41) is 0. The number of pyridine rings is 1. The van der Waals surface area contributed by atoms with Crippen LogP contribution in [0.5, 0.6) is 0 Å². The minimum Gasteiger partial charge on any atom is -0.382 e. The fraction of sp³-hybridized carbons (Fsp3) is 0.273. The maximum absolute atomic E-state index is 13.3. The van der Waals surface area contributed by atoms with Gasteiger partial charge in [0.1, 0.15) is 17.0 Å². The molecular formula is C22H19F3N6O2. The van der Waals surface area contributed by atoms with Crippen molar-refractivity contribution in [1.29, 1.82) is 0 Å². The van der Waals surface area contributed by atoms with Gasteiger partial charge in [0.25, 0.3) is 5.91 Å². The van der Waals surface area contributed by atoms with E-state index in [1.807, 2.05) is 0 Å². The number of amides is 1. The maximum atomic E-state index is 13.3. The van der Waals surface area contributed by atoms with Crippen molar-refractivity contribution in [3.05, 3.63) is 65.4 Å². The molecule has 170 valence electrons. The third-order valence-electron chi connectivity index (χ3n) is 5.97. The van der Waals surface area contributed by atoms with Crippen molar-refractivity contribution in [2.45, 2.75) is 25.2 Å². The van der Waals surface area contributed by atoms with E-state index in [2.05, 4.69) is 15.0 Å². The molecule has 5 rings (SSSR count). The average molecular weight is 456 g/mol. The summed E-state index contributed by atoms with van der Waals surface area (Å²) in [7, 11) is 1.59. The van der Waals surface area contributed by atoms with Crippen LogP contribution in [0.3, 0.4) is 0 Å². The van der Waals surface area contributed by atoms with Crippen LogP contribution in [0, 0.1) is 0 Å². The predicted molar refractivity (Wildman–Crippen MR) is 113 cm³/mol. The number of benzene rings is 1. The summed E-state index contributed by atoms with van der Waals surface area (Å²) in [4.78, 5) is 26.8. The quantitative estimate of drug-likeness (QED) is 0.493. The van der Waals surface area contributed by atoms with E-state index in [1.165, 1.54) is 11.1 Å². The number of carbonyl (C=O) groups is 1. The molecule has 8 nitrogen and oxygen atoms in total. The number of anilines is 1. The van der Waals surface area contributed by atoms with Crippen LogP contribution in [0.4, 0.5) is 19.0 Å². The van der Waals surface area contributed by atoms with Crippen LogP contribution in [0.25, 0.3) is 16.6 Å². The molecule has 1 amide bonds. The summed E-state index contributed by atoms with van der Waals surface area (Å²) in [5.74, 6) is 0.00277. The molecule has 4 aromatic rings. The minimum atomic E-state index is -4.56. The van der Waals surface area contributed by atoms with Gasteiger partial charge in [-0.15, -0.1) is 0 Å². The van der Waals surface area contributed by atoms with E-state index in [9.17, 15) is 18.0 Å². The number of nitrogens with two attached hydrogens (primary N) is 1. The summed E-state index contributed by atoms with van der Waals surface area (Å²) in [6.07, 6.45) is -0.750. The first-order chi connectivity index (χ1) is 15.6. The first-order valence-electron chi connectivity index (χ1n) is 10.1. The first-order valence-corrected chi connectivity index (χ1v) is 10.1. The van der Waals surface area contributed by atoms with Crippen LogP contribution in [0.2, 0.25) is 0 Å². The number of hydrogen-bond donors (Lipinski definition) is 1. The van der Waals surface area contributed by atoms with E-state index in [0.29, 0.717) is 39.1 Å². The van der Waals surface area contributed by atoms with Gasteiger partial charge in [-0.2, -0.15) is 13.2 Å². The highest BCUT2D eigenvalue weighted by Gasteiger charge is 2.37. The fourth-order valence-corrected chi connectivity index (χ4v) is 4.16. The monoisotopic (exact) mass is 456 g/mol. The molecule has 0 fully saturated rings. The number of aromatic nitrogens is 4. The zero-order chi connectivity index (χ0) is 23.5. The Bertz CT molecular complexity index is 1400.